The number of hydrogen-bond donors (Lipinski definition) is 2. The first-order chi connectivity index (χ1) is 11.7. The van der Waals surface area contributed by atoms with Gasteiger partial charge in [0.2, 0.25) is 0 Å². The molecule has 1 fully saturated rings. The van der Waals surface area contributed by atoms with Crippen molar-refractivity contribution < 1.29 is 9.53 Å². The van der Waals surface area contributed by atoms with E-state index in [1.165, 1.54) is 0 Å². The highest BCUT2D eigenvalue weighted by Crippen LogP contribution is 2.33. The number of aryl methyl sites for hydroxylation is 1. The number of aromatic nitrogens is 4. The third kappa shape index (κ3) is 3.38. The van der Waals surface area contributed by atoms with Gasteiger partial charge in [0.25, 0.3) is 5.91 Å². The largest absolute Gasteiger partial charge is 0.370 e. The molecule has 3 rings (SSSR count). The summed E-state index contributed by atoms with van der Waals surface area (Å²) in [7, 11) is 1.57. The molecule has 1 aliphatic heterocycles. The van der Waals surface area contributed by atoms with E-state index in [0.29, 0.717) is 17.4 Å². The van der Waals surface area contributed by atoms with E-state index in [-0.39, 0.29) is 12.0 Å². The number of carbonyl (C=O) groups is 1. The zero-order valence-corrected chi connectivity index (χ0v) is 13.9. The predicted molar refractivity (Wildman–Crippen MR) is 88.6 cm³/mol. The average Bonchev–Trinajstić information content (AvgIpc) is 3.27. The fourth-order valence-electron chi connectivity index (χ4n) is 2.88. The van der Waals surface area contributed by atoms with E-state index < -0.39 is 0 Å². The molecule has 2 aromatic rings. The quantitative estimate of drug-likeness (QED) is 0.828. The van der Waals surface area contributed by atoms with E-state index >= 15 is 0 Å². The number of imidazole rings is 1. The highest BCUT2D eigenvalue weighted by Gasteiger charge is 2.32. The minimum atomic E-state index is -0.246. The van der Waals surface area contributed by atoms with E-state index in [0.717, 1.165) is 31.9 Å². The van der Waals surface area contributed by atoms with Crippen LogP contribution in [-0.2, 0) is 11.3 Å². The van der Waals surface area contributed by atoms with Gasteiger partial charge in [0.05, 0.1) is 0 Å². The molecule has 0 radical (unpaired) electrons. The van der Waals surface area contributed by atoms with Crippen molar-refractivity contribution in [3.8, 4) is 0 Å². The van der Waals surface area contributed by atoms with E-state index in [9.17, 15) is 4.79 Å². The number of nitrogens with zero attached hydrogens (tertiary/aromatic N) is 4. The van der Waals surface area contributed by atoms with Crippen molar-refractivity contribution in [1.82, 2.24) is 25.1 Å². The summed E-state index contributed by atoms with van der Waals surface area (Å²) in [6.45, 7) is 4.42. The molecule has 0 unspecified atom stereocenters. The second-order valence-electron chi connectivity index (χ2n) is 5.68. The van der Waals surface area contributed by atoms with Crippen molar-refractivity contribution in [2.75, 3.05) is 25.5 Å². The highest BCUT2D eigenvalue weighted by molar-refractivity contribution is 5.91. The van der Waals surface area contributed by atoms with Crippen LogP contribution in [0.3, 0.4) is 0 Å². The van der Waals surface area contributed by atoms with Gasteiger partial charge in [-0.15, -0.1) is 10.2 Å². The fraction of sp³-hybridized carbons (Fsp3) is 0.500. The molecule has 3 heterocycles. The predicted octanol–water partition coefficient (Wildman–Crippen LogP) is 1.24. The summed E-state index contributed by atoms with van der Waals surface area (Å²) in [6.07, 6.45) is 4.75. The third-order valence-electron chi connectivity index (χ3n) is 4.23. The van der Waals surface area contributed by atoms with Crippen LogP contribution in [-0.4, -0.2) is 45.9 Å². The number of carbonyl (C=O) groups excluding carboxylic acids is 1. The van der Waals surface area contributed by atoms with E-state index in [1.54, 1.807) is 19.2 Å². The Hall–Kier alpha value is -2.48. The summed E-state index contributed by atoms with van der Waals surface area (Å²) in [5.41, 5.74) is 0.301. The Balaban J connectivity index is 1.62. The van der Waals surface area contributed by atoms with Crippen molar-refractivity contribution >= 4 is 11.7 Å². The zero-order chi connectivity index (χ0) is 16.9. The van der Waals surface area contributed by atoms with Gasteiger partial charge in [-0.25, -0.2) is 4.98 Å². The second-order valence-corrected chi connectivity index (χ2v) is 5.68. The van der Waals surface area contributed by atoms with Crippen LogP contribution < -0.4 is 10.6 Å². The Morgan fingerprint density at radius 2 is 2.29 bits per heavy atom. The lowest BCUT2D eigenvalue weighted by atomic mass is 10.0. The molecule has 0 bridgehead atoms. The molecule has 1 amide bonds. The minimum Gasteiger partial charge on any atom is -0.370 e. The Labute approximate surface area is 140 Å². The van der Waals surface area contributed by atoms with Crippen molar-refractivity contribution in [2.45, 2.75) is 26.0 Å². The Morgan fingerprint density at radius 3 is 3.00 bits per heavy atom. The van der Waals surface area contributed by atoms with Crippen LogP contribution in [0.2, 0.25) is 0 Å². The van der Waals surface area contributed by atoms with Crippen molar-refractivity contribution in [3.63, 3.8) is 0 Å². The molecule has 128 valence electrons. The number of anilines is 1. The van der Waals surface area contributed by atoms with E-state index in [2.05, 4.69) is 37.3 Å². The molecule has 24 heavy (non-hydrogen) atoms. The molecule has 0 spiro atoms. The SMILES string of the molecule is CCn1ccnc1[C@@H]1OCC[C@H]1CNc1ccc(C(=O)NC)nn1. The van der Waals surface area contributed by atoms with Crippen LogP contribution in [0.25, 0.3) is 0 Å². The maximum Gasteiger partial charge on any atom is 0.271 e. The number of ether oxygens (including phenoxy) is 1. The van der Waals surface area contributed by atoms with Gasteiger partial charge in [0, 0.05) is 45.1 Å². The smallest absolute Gasteiger partial charge is 0.271 e. The first-order valence-electron chi connectivity index (χ1n) is 8.15. The lowest BCUT2D eigenvalue weighted by molar-refractivity contribution is 0.0832. The van der Waals surface area contributed by atoms with Gasteiger partial charge in [-0.1, -0.05) is 0 Å². The van der Waals surface area contributed by atoms with Gasteiger partial charge < -0.3 is 19.9 Å². The van der Waals surface area contributed by atoms with Crippen LogP contribution in [0, 0.1) is 5.92 Å². The molecular formula is C16H22N6O2. The van der Waals surface area contributed by atoms with Crippen molar-refractivity contribution in [3.05, 3.63) is 36.0 Å². The molecule has 8 heteroatoms. The summed E-state index contributed by atoms with van der Waals surface area (Å²) < 4.78 is 8.01. The molecule has 8 nitrogen and oxygen atoms in total. The van der Waals surface area contributed by atoms with Gasteiger partial charge in [-0.2, -0.15) is 0 Å². The molecule has 0 aliphatic carbocycles. The zero-order valence-electron chi connectivity index (χ0n) is 13.9. The van der Waals surface area contributed by atoms with Crippen LogP contribution in [0.5, 0.6) is 0 Å². The van der Waals surface area contributed by atoms with Crippen molar-refractivity contribution in [1.29, 1.82) is 0 Å². The molecule has 1 aliphatic rings. The molecule has 2 N–H and O–H groups in total. The second kappa shape index (κ2) is 7.39. The van der Waals surface area contributed by atoms with Gasteiger partial charge in [0.15, 0.2) is 5.69 Å². The van der Waals surface area contributed by atoms with Crippen LogP contribution in [0.1, 0.15) is 35.8 Å². The summed E-state index contributed by atoms with van der Waals surface area (Å²) >= 11 is 0. The van der Waals surface area contributed by atoms with E-state index in [1.807, 2.05) is 12.4 Å². The number of rotatable bonds is 6. The lowest BCUT2D eigenvalue weighted by Crippen LogP contribution is -2.22. The first-order valence-corrected chi connectivity index (χ1v) is 8.15. The summed E-state index contributed by atoms with van der Waals surface area (Å²) in [6, 6.07) is 3.41. The molecule has 2 aromatic heterocycles. The Kier molecular flexibility index (Phi) is 5.05. The minimum absolute atomic E-state index is 0.00875. The fourth-order valence-corrected chi connectivity index (χ4v) is 2.88. The Morgan fingerprint density at radius 1 is 1.42 bits per heavy atom. The van der Waals surface area contributed by atoms with Gasteiger partial charge in [0.1, 0.15) is 17.7 Å². The molecule has 2 atom stereocenters. The first kappa shape index (κ1) is 16.4. The maximum atomic E-state index is 11.5. The lowest BCUT2D eigenvalue weighted by Gasteiger charge is -2.19. The monoisotopic (exact) mass is 330 g/mol. The average molecular weight is 330 g/mol. The molecular weight excluding hydrogens is 308 g/mol. The standard InChI is InChI=1S/C16H22N6O2/c1-3-22-8-7-18-15(22)14-11(6-9-24-14)10-19-13-5-4-12(20-21-13)16(23)17-2/h4-5,7-8,11,14H,3,6,9-10H2,1-2H3,(H,17,23)(H,19,21)/t11-,14+/m0/s1. The molecule has 0 aromatic carbocycles. The van der Waals surface area contributed by atoms with Crippen LogP contribution in [0.4, 0.5) is 5.82 Å². The summed E-state index contributed by atoms with van der Waals surface area (Å²) in [5.74, 6) is 1.69. The highest BCUT2D eigenvalue weighted by atomic mass is 16.5. The van der Waals surface area contributed by atoms with Gasteiger partial charge >= 0.3 is 0 Å². The summed E-state index contributed by atoms with van der Waals surface area (Å²) in [5, 5.41) is 13.8. The number of amides is 1. The van der Waals surface area contributed by atoms with Gasteiger partial charge in [-0.3, -0.25) is 4.79 Å². The molecule has 0 saturated carbocycles. The van der Waals surface area contributed by atoms with E-state index in [4.69, 9.17) is 4.74 Å². The van der Waals surface area contributed by atoms with Crippen molar-refractivity contribution in [2.24, 2.45) is 5.92 Å². The van der Waals surface area contributed by atoms with Crippen LogP contribution >= 0.6 is 0 Å². The topological polar surface area (TPSA) is 94.0 Å². The number of nitrogens with one attached hydrogen (secondary N) is 2. The summed E-state index contributed by atoms with van der Waals surface area (Å²) in [4.78, 5) is 15.9. The maximum absolute atomic E-state index is 11.5. The van der Waals surface area contributed by atoms with Gasteiger partial charge in [-0.05, 0) is 25.5 Å². The Bertz CT molecular complexity index is 684. The molecule has 1 saturated heterocycles. The normalized spacial score (nSPS) is 20.1. The third-order valence-corrected chi connectivity index (χ3v) is 4.23. The number of hydrogen-bond acceptors (Lipinski definition) is 6. The van der Waals surface area contributed by atoms with Crippen LogP contribution in [0.15, 0.2) is 24.5 Å².